The first-order valence-electron chi connectivity index (χ1n) is 12.4. The molecule has 2 aromatic carbocycles. The van der Waals surface area contributed by atoms with Gasteiger partial charge in [-0.05, 0) is 71.6 Å². The zero-order valence-corrected chi connectivity index (χ0v) is 22.8. The number of thioether (sulfide) groups is 1. The Morgan fingerprint density at radius 1 is 1.22 bits per heavy atom. The Labute approximate surface area is 217 Å². The molecule has 0 saturated heterocycles. The molecule has 1 atom stereocenters. The highest BCUT2D eigenvalue weighted by Gasteiger charge is 2.44. The van der Waals surface area contributed by atoms with Gasteiger partial charge < -0.3 is 14.9 Å². The number of aliphatic hydroxyl groups excluding tert-OH is 2. The molecule has 1 aliphatic rings. The summed E-state index contributed by atoms with van der Waals surface area (Å²) < 4.78 is 6.15. The lowest BCUT2D eigenvalue weighted by atomic mass is 9.80. The van der Waals surface area contributed by atoms with Crippen LogP contribution in [0.1, 0.15) is 69.7 Å². The number of hydrogen-bond acceptors (Lipinski definition) is 6. The van der Waals surface area contributed by atoms with Crippen molar-refractivity contribution in [2.24, 2.45) is 5.92 Å². The van der Waals surface area contributed by atoms with Gasteiger partial charge in [-0.1, -0.05) is 58.5 Å². The summed E-state index contributed by atoms with van der Waals surface area (Å²) in [4.78, 5) is 14.5. The highest BCUT2D eigenvalue weighted by molar-refractivity contribution is 8.04. The quantitative estimate of drug-likeness (QED) is 0.315. The number of aryl methyl sites for hydroxylation is 2. The fraction of sp³-hybridized carbons (Fsp3) is 0.448. The molecule has 0 radical (unpaired) electrons. The molecule has 0 fully saturated rings. The second-order valence-corrected chi connectivity index (χ2v) is 12.2. The number of aromatic nitrogens is 2. The molecule has 0 bridgehead atoms. The summed E-state index contributed by atoms with van der Waals surface area (Å²) in [6, 6.07) is 10.2. The topological polar surface area (TPSA) is 95.4 Å². The van der Waals surface area contributed by atoms with Crippen molar-refractivity contribution in [1.29, 1.82) is 0 Å². The van der Waals surface area contributed by atoms with E-state index in [1.54, 1.807) is 6.20 Å². The summed E-state index contributed by atoms with van der Waals surface area (Å²) in [6.45, 7) is 12.3. The molecule has 192 valence electrons. The fourth-order valence-electron chi connectivity index (χ4n) is 4.78. The van der Waals surface area contributed by atoms with Gasteiger partial charge in [0.15, 0.2) is 0 Å². The Morgan fingerprint density at radius 3 is 2.61 bits per heavy atom. The number of esters is 1. The lowest BCUT2D eigenvalue weighted by Crippen LogP contribution is -2.44. The largest absolute Gasteiger partial charge is 0.511 e. The van der Waals surface area contributed by atoms with E-state index in [1.165, 1.54) is 11.8 Å². The molecule has 1 aliphatic heterocycles. The van der Waals surface area contributed by atoms with Crippen LogP contribution in [0.2, 0.25) is 0 Å². The molecule has 3 aromatic rings. The van der Waals surface area contributed by atoms with E-state index in [9.17, 15) is 15.0 Å². The summed E-state index contributed by atoms with van der Waals surface area (Å²) in [5.74, 6) is -0.366. The smallest absolute Gasteiger partial charge is 0.349 e. The lowest BCUT2D eigenvalue weighted by Gasteiger charge is -2.40. The van der Waals surface area contributed by atoms with Crippen molar-refractivity contribution < 1.29 is 19.7 Å². The number of carbonyl (C=O) groups excluding carboxylic acids is 1. The molecule has 1 unspecified atom stereocenters. The number of fused-ring (bicyclic) bond motifs is 1. The van der Waals surface area contributed by atoms with Gasteiger partial charge in [0.25, 0.3) is 0 Å². The number of ether oxygens (including phenoxy) is 1. The molecule has 7 heteroatoms. The Balaban J connectivity index is 1.61. The van der Waals surface area contributed by atoms with Gasteiger partial charge in [0.2, 0.25) is 0 Å². The van der Waals surface area contributed by atoms with Gasteiger partial charge in [-0.15, -0.1) is 0 Å². The summed E-state index contributed by atoms with van der Waals surface area (Å²) in [5.41, 5.74) is 3.97. The second-order valence-electron chi connectivity index (χ2n) is 11.1. The number of cyclic esters (lactones) is 1. The maximum Gasteiger partial charge on any atom is 0.349 e. The van der Waals surface area contributed by atoms with Crippen LogP contribution in [0.3, 0.4) is 0 Å². The van der Waals surface area contributed by atoms with Gasteiger partial charge >= 0.3 is 5.97 Å². The molecule has 0 amide bonds. The number of nitrogens with zero attached hydrogens (tertiary/aromatic N) is 1. The van der Waals surface area contributed by atoms with Crippen LogP contribution in [0.5, 0.6) is 0 Å². The van der Waals surface area contributed by atoms with Crippen LogP contribution < -0.4 is 0 Å². The fourth-order valence-corrected chi connectivity index (χ4v) is 6.03. The third kappa shape index (κ3) is 5.18. The summed E-state index contributed by atoms with van der Waals surface area (Å²) in [6.07, 6.45) is 3.42. The zero-order valence-electron chi connectivity index (χ0n) is 21.9. The van der Waals surface area contributed by atoms with Gasteiger partial charge in [-0.25, -0.2) is 4.79 Å². The number of benzene rings is 2. The minimum absolute atomic E-state index is 0.0315. The minimum atomic E-state index is -0.778. The normalized spacial score (nSPS) is 18.8. The molecular weight excluding hydrogens is 472 g/mol. The summed E-state index contributed by atoms with van der Waals surface area (Å²) in [7, 11) is 0. The molecule has 0 spiro atoms. The van der Waals surface area contributed by atoms with E-state index >= 15 is 0 Å². The first kappa shape index (κ1) is 26.3. The molecule has 3 N–H and O–H groups in total. The van der Waals surface area contributed by atoms with E-state index < -0.39 is 11.6 Å². The predicted octanol–water partition coefficient (Wildman–Crippen LogP) is 6.50. The first-order chi connectivity index (χ1) is 16.9. The van der Waals surface area contributed by atoms with Gasteiger partial charge in [-0.2, -0.15) is 5.10 Å². The van der Waals surface area contributed by atoms with Crippen LogP contribution in [-0.4, -0.2) is 32.0 Å². The number of carbonyl (C=O) groups is 1. The van der Waals surface area contributed by atoms with Gasteiger partial charge in [0.1, 0.15) is 16.3 Å². The Hall–Kier alpha value is -2.77. The minimum Gasteiger partial charge on any atom is -0.511 e. The average Bonchev–Trinajstić information content (AvgIpc) is 3.27. The van der Waals surface area contributed by atoms with Gasteiger partial charge in [0, 0.05) is 16.7 Å². The highest BCUT2D eigenvalue weighted by Crippen LogP contribution is 2.45. The molecule has 0 aliphatic carbocycles. The molecule has 2 heterocycles. The van der Waals surface area contributed by atoms with E-state index in [2.05, 4.69) is 43.1 Å². The van der Waals surface area contributed by atoms with Crippen LogP contribution in [0.4, 0.5) is 0 Å². The maximum absolute atomic E-state index is 13.3. The standard InChI is InChI=1S/C29H36N2O4S/c1-17(2)29(10-9-19-7-8-23-20(12-19)15-30-31-23)14-24(33)26(27(34)35-29)36-25-11-18(3)21(16-32)13-22(25)28(4,5)6/h7-8,11-13,15,17,32-33H,9-10,14,16H2,1-6H3,(H,30,31). The predicted molar refractivity (Wildman–Crippen MR) is 144 cm³/mol. The number of rotatable bonds is 7. The van der Waals surface area contributed by atoms with Crippen LogP contribution in [0, 0.1) is 12.8 Å². The average molecular weight is 509 g/mol. The van der Waals surface area contributed by atoms with E-state index in [-0.39, 0.29) is 35.0 Å². The van der Waals surface area contributed by atoms with Crippen LogP contribution in [0.25, 0.3) is 10.9 Å². The van der Waals surface area contributed by atoms with Crippen molar-refractivity contribution >= 4 is 28.6 Å². The number of H-pyrrole nitrogens is 1. The van der Waals surface area contributed by atoms with Crippen molar-refractivity contribution in [2.45, 2.75) is 83.3 Å². The number of hydrogen-bond donors (Lipinski definition) is 3. The van der Waals surface area contributed by atoms with Gasteiger partial charge in [-0.3, -0.25) is 5.10 Å². The van der Waals surface area contributed by atoms with Crippen molar-refractivity contribution in [3.63, 3.8) is 0 Å². The van der Waals surface area contributed by atoms with Crippen molar-refractivity contribution in [1.82, 2.24) is 10.2 Å². The van der Waals surface area contributed by atoms with Crippen LogP contribution >= 0.6 is 11.8 Å². The van der Waals surface area contributed by atoms with Crippen molar-refractivity contribution in [2.75, 3.05) is 0 Å². The number of aromatic amines is 1. The first-order valence-corrected chi connectivity index (χ1v) is 13.3. The monoisotopic (exact) mass is 508 g/mol. The molecular formula is C29H36N2O4S. The molecule has 0 saturated carbocycles. The summed E-state index contributed by atoms with van der Waals surface area (Å²) in [5, 5.41) is 29.0. The maximum atomic E-state index is 13.3. The van der Waals surface area contributed by atoms with E-state index in [4.69, 9.17) is 4.74 Å². The van der Waals surface area contributed by atoms with E-state index in [0.29, 0.717) is 6.42 Å². The number of aliphatic hydroxyl groups is 2. The molecule has 36 heavy (non-hydrogen) atoms. The Bertz CT molecular complexity index is 1320. The van der Waals surface area contributed by atoms with Crippen molar-refractivity contribution in [3.8, 4) is 0 Å². The zero-order chi connectivity index (χ0) is 26.3. The SMILES string of the molecule is Cc1cc(SC2=C(O)CC(CCc3ccc4[nH]ncc4c3)(C(C)C)OC2=O)c(C(C)(C)C)cc1CO. The lowest BCUT2D eigenvalue weighted by molar-refractivity contribution is -0.164. The van der Waals surface area contributed by atoms with Crippen LogP contribution in [0.15, 0.2) is 52.1 Å². The van der Waals surface area contributed by atoms with Crippen molar-refractivity contribution in [3.05, 3.63) is 69.4 Å². The Kier molecular flexibility index (Phi) is 7.26. The van der Waals surface area contributed by atoms with E-state index in [1.807, 2.05) is 39.0 Å². The summed E-state index contributed by atoms with van der Waals surface area (Å²) >= 11 is 1.26. The highest BCUT2D eigenvalue weighted by atomic mass is 32.2. The van der Waals surface area contributed by atoms with E-state index in [0.717, 1.165) is 44.5 Å². The Morgan fingerprint density at radius 2 is 1.97 bits per heavy atom. The molecule has 1 aromatic heterocycles. The van der Waals surface area contributed by atoms with Crippen LogP contribution in [-0.2, 0) is 28.0 Å². The van der Waals surface area contributed by atoms with Gasteiger partial charge in [0.05, 0.1) is 18.3 Å². The second kappa shape index (κ2) is 9.94. The molecule has 6 nitrogen and oxygen atoms in total. The number of nitrogens with one attached hydrogen (secondary N) is 1. The molecule has 4 rings (SSSR count). The third-order valence-corrected chi connectivity index (χ3v) is 8.40. The third-order valence-electron chi connectivity index (χ3n) is 7.23.